The Hall–Kier alpha value is -1.31. The molecule has 1 aliphatic rings. The zero-order valence-corrected chi connectivity index (χ0v) is 6.08. The SMILES string of the molecule is O=C1C[N]c2ccccc2C1. The molecule has 1 aromatic rings. The molecule has 0 saturated carbocycles. The lowest BCUT2D eigenvalue weighted by molar-refractivity contribution is -0.117. The molecule has 2 heteroatoms. The Labute approximate surface area is 65.2 Å². The summed E-state index contributed by atoms with van der Waals surface area (Å²) in [6, 6.07) is 7.78. The van der Waals surface area contributed by atoms with Crippen molar-refractivity contribution < 1.29 is 4.79 Å². The molecule has 0 N–H and O–H groups in total. The van der Waals surface area contributed by atoms with Crippen LogP contribution in [0.1, 0.15) is 5.56 Å². The fraction of sp³-hybridized carbons (Fsp3) is 0.222. The van der Waals surface area contributed by atoms with Crippen molar-refractivity contribution in [1.29, 1.82) is 0 Å². The largest absolute Gasteiger partial charge is 0.297 e. The lowest BCUT2D eigenvalue weighted by Crippen LogP contribution is -2.21. The number of nitrogens with zero attached hydrogens (tertiary/aromatic N) is 1. The highest BCUT2D eigenvalue weighted by Crippen LogP contribution is 2.18. The Kier molecular flexibility index (Phi) is 1.39. The molecule has 0 aromatic heterocycles. The third kappa shape index (κ3) is 1.11. The van der Waals surface area contributed by atoms with Crippen LogP contribution < -0.4 is 5.32 Å². The van der Waals surface area contributed by atoms with Crippen LogP contribution in [0.3, 0.4) is 0 Å². The maximum atomic E-state index is 10.9. The molecule has 0 saturated heterocycles. The van der Waals surface area contributed by atoms with Crippen LogP contribution in [0, 0.1) is 0 Å². The molecule has 1 aliphatic heterocycles. The summed E-state index contributed by atoms with van der Waals surface area (Å²) in [5, 5.41) is 4.12. The first-order valence-electron chi connectivity index (χ1n) is 3.63. The molecule has 0 bridgehead atoms. The van der Waals surface area contributed by atoms with Gasteiger partial charge in [0.15, 0.2) is 5.78 Å². The van der Waals surface area contributed by atoms with E-state index in [4.69, 9.17) is 0 Å². The minimum atomic E-state index is 0.212. The third-order valence-corrected chi connectivity index (χ3v) is 1.80. The number of ketones is 1. The summed E-state index contributed by atoms with van der Waals surface area (Å²) >= 11 is 0. The number of hydrogen-bond acceptors (Lipinski definition) is 1. The number of carbonyl (C=O) groups excluding carboxylic acids is 1. The number of para-hydroxylation sites is 1. The first-order valence-corrected chi connectivity index (χ1v) is 3.63. The molecule has 0 unspecified atom stereocenters. The normalized spacial score (nSPS) is 15.5. The molecule has 0 amide bonds. The number of Topliss-reactive ketones (excluding diaryl/α,β-unsaturated/α-hetero) is 1. The van der Waals surface area contributed by atoms with Crippen molar-refractivity contribution in [1.82, 2.24) is 5.32 Å². The average molecular weight is 146 g/mol. The Balaban J connectivity index is 2.41. The molecule has 1 aromatic carbocycles. The van der Waals surface area contributed by atoms with Gasteiger partial charge in [0.1, 0.15) is 0 Å². The van der Waals surface area contributed by atoms with E-state index in [2.05, 4.69) is 5.32 Å². The van der Waals surface area contributed by atoms with Crippen molar-refractivity contribution in [2.24, 2.45) is 0 Å². The maximum Gasteiger partial charge on any atom is 0.158 e. The summed E-state index contributed by atoms with van der Waals surface area (Å²) in [4.78, 5) is 10.9. The van der Waals surface area contributed by atoms with Gasteiger partial charge in [-0.2, -0.15) is 0 Å². The van der Waals surface area contributed by atoms with Crippen molar-refractivity contribution >= 4 is 11.5 Å². The molecule has 0 aliphatic carbocycles. The first kappa shape index (κ1) is 6.40. The Morgan fingerprint density at radius 2 is 2.09 bits per heavy atom. The average Bonchev–Trinajstić information content (AvgIpc) is 2.04. The number of rotatable bonds is 0. The van der Waals surface area contributed by atoms with Gasteiger partial charge in [0.2, 0.25) is 0 Å². The van der Waals surface area contributed by atoms with Crippen LogP contribution in [0.2, 0.25) is 0 Å². The van der Waals surface area contributed by atoms with E-state index in [0.29, 0.717) is 13.0 Å². The number of hydrogen-bond donors (Lipinski definition) is 0. The molecular weight excluding hydrogens is 138 g/mol. The Morgan fingerprint density at radius 3 is 3.00 bits per heavy atom. The Morgan fingerprint density at radius 1 is 1.27 bits per heavy atom. The topological polar surface area (TPSA) is 31.2 Å². The molecule has 11 heavy (non-hydrogen) atoms. The highest BCUT2D eigenvalue weighted by atomic mass is 16.1. The van der Waals surface area contributed by atoms with E-state index in [-0.39, 0.29) is 5.78 Å². The fourth-order valence-electron chi connectivity index (χ4n) is 1.26. The highest BCUT2D eigenvalue weighted by molar-refractivity contribution is 5.86. The Bertz CT molecular complexity index is 293. The second-order valence-corrected chi connectivity index (χ2v) is 2.66. The number of fused-ring (bicyclic) bond motifs is 1. The van der Waals surface area contributed by atoms with Crippen LogP contribution in [-0.2, 0) is 11.2 Å². The summed E-state index contributed by atoms with van der Waals surface area (Å²) in [6.45, 7) is 0.358. The van der Waals surface area contributed by atoms with E-state index in [1.54, 1.807) is 0 Å². The third-order valence-electron chi connectivity index (χ3n) is 1.80. The highest BCUT2D eigenvalue weighted by Gasteiger charge is 2.14. The molecule has 2 rings (SSSR count). The number of carbonyl (C=O) groups is 1. The second kappa shape index (κ2) is 2.38. The van der Waals surface area contributed by atoms with Gasteiger partial charge in [-0.3, -0.25) is 10.1 Å². The second-order valence-electron chi connectivity index (χ2n) is 2.66. The fourth-order valence-corrected chi connectivity index (χ4v) is 1.26. The molecule has 0 spiro atoms. The van der Waals surface area contributed by atoms with Crippen molar-refractivity contribution in [2.75, 3.05) is 6.54 Å². The molecule has 0 fully saturated rings. The van der Waals surface area contributed by atoms with E-state index < -0.39 is 0 Å². The van der Waals surface area contributed by atoms with Gasteiger partial charge in [-0.25, -0.2) is 0 Å². The van der Waals surface area contributed by atoms with E-state index in [1.807, 2.05) is 24.3 Å². The predicted octanol–water partition coefficient (Wildman–Crippen LogP) is 1.05. The van der Waals surface area contributed by atoms with Gasteiger partial charge < -0.3 is 0 Å². The van der Waals surface area contributed by atoms with Gasteiger partial charge in [-0.1, -0.05) is 18.2 Å². The van der Waals surface area contributed by atoms with Crippen molar-refractivity contribution in [3.05, 3.63) is 29.8 Å². The van der Waals surface area contributed by atoms with Gasteiger partial charge in [-0.05, 0) is 11.6 Å². The molecule has 1 radical (unpaired) electrons. The van der Waals surface area contributed by atoms with Gasteiger partial charge in [0.05, 0.1) is 12.2 Å². The smallest absolute Gasteiger partial charge is 0.158 e. The number of benzene rings is 1. The van der Waals surface area contributed by atoms with E-state index in [9.17, 15) is 4.79 Å². The molecule has 2 nitrogen and oxygen atoms in total. The zero-order valence-electron chi connectivity index (χ0n) is 6.08. The lowest BCUT2D eigenvalue weighted by atomic mass is 10.0. The van der Waals surface area contributed by atoms with Crippen LogP contribution in [0.5, 0.6) is 0 Å². The van der Waals surface area contributed by atoms with Gasteiger partial charge in [-0.15, -0.1) is 0 Å². The van der Waals surface area contributed by atoms with Gasteiger partial charge >= 0.3 is 0 Å². The quantitative estimate of drug-likeness (QED) is 0.538. The molecule has 1 heterocycles. The molecular formula is C9H8NO. The van der Waals surface area contributed by atoms with E-state index in [1.165, 1.54) is 0 Å². The van der Waals surface area contributed by atoms with Gasteiger partial charge in [0, 0.05) is 6.42 Å². The van der Waals surface area contributed by atoms with Crippen LogP contribution in [0.4, 0.5) is 5.69 Å². The van der Waals surface area contributed by atoms with Crippen LogP contribution in [0.15, 0.2) is 24.3 Å². The van der Waals surface area contributed by atoms with Crippen molar-refractivity contribution in [3.63, 3.8) is 0 Å². The monoisotopic (exact) mass is 146 g/mol. The summed E-state index contributed by atoms with van der Waals surface area (Å²) in [6.07, 6.45) is 0.555. The molecule has 55 valence electrons. The lowest BCUT2D eigenvalue weighted by Gasteiger charge is -2.13. The van der Waals surface area contributed by atoms with E-state index >= 15 is 0 Å². The summed E-state index contributed by atoms with van der Waals surface area (Å²) in [7, 11) is 0. The minimum absolute atomic E-state index is 0.212. The maximum absolute atomic E-state index is 10.9. The van der Waals surface area contributed by atoms with E-state index in [0.717, 1.165) is 11.3 Å². The van der Waals surface area contributed by atoms with Crippen molar-refractivity contribution in [2.45, 2.75) is 6.42 Å². The summed E-state index contributed by atoms with van der Waals surface area (Å²) in [5.74, 6) is 0.212. The first-order chi connectivity index (χ1) is 5.36. The molecule has 0 atom stereocenters. The van der Waals surface area contributed by atoms with Crippen molar-refractivity contribution in [3.8, 4) is 0 Å². The standard InChI is InChI=1S/C9H8NO/c11-8-5-7-3-1-2-4-9(7)10-6-8/h1-4H,5-6H2. The van der Waals surface area contributed by atoms with Crippen LogP contribution in [-0.4, -0.2) is 12.3 Å². The van der Waals surface area contributed by atoms with Gasteiger partial charge in [0.25, 0.3) is 0 Å². The van der Waals surface area contributed by atoms with Crippen LogP contribution in [0.25, 0.3) is 0 Å². The zero-order chi connectivity index (χ0) is 7.68. The summed E-state index contributed by atoms with van der Waals surface area (Å²) in [5.41, 5.74) is 2.04. The predicted molar refractivity (Wildman–Crippen MR) is 41.8 cm³/mol. The minimum Gasteiger partial charge on any atom is -0.297 e. The summed E-state index contributed by atoms with van der Waals surface area (Å²) < 4.78 is 0. The van der Waals surface area contributed by atoms with Crippen LogP contribution >= 0.6 is 0 Å².